The van der Waals surface area contributed by atoms with Gasteiger partial charge >= 0.3 is 12.0 Å². The summed E-state index contributed by atoms with van der Waals surface area (Å²) < 4.78 is 4.53. The van der Waals surface area contributed by atoms with Crippen molar-refractivity contribution in [1.29, 1.82) is 0 Å². The third-order valence-electron chi connectivity index (χ3n) is 3.34. The Morgan fingerprint density at radius 3 is 2.68 bits per heavy atom. The molecule has 2 N–H and O–H groups in total. The average Bonchev–Trinajstić information content (AvgIpc) is 2.43. The Hall–Kier alpha value is -1.79. The summed E-state index contributed by atoms with van der Waals surface area (Å²) >= 11 is 0. The molecule has 0 spiro atoms. The number of urea groups is 1. The lowest BCUT2D eigenvalue weighted by molar-refractivity contribution is -0.142. The number of nitrogens with two attached hydrogens (primary N) is 1. The largest absolute Gasteiger partial charge is 0.469 e. The van der Waals surface area contributed by atoms with Crippen LogP contribution in [-0.4, -0.2) is 61.5 Å². The molecule has 7 nitrogen and oxygen atoms in total. The highest BCUT2D eigenvalue weighted by Crippen LogP contribution is 2.18. The van der Waals surface area contributed by atoms with Gasteiger partial charge in [0.2, 0.25) is 5.91 Å². The molecule has 1 fully saturated rings. The summed E-state index contributed by atoms with van der Waals surface area (Å²) in [6.07, 6.45) is 1.68. The lowest BCUT2D eigenvalue weighted by Gasteiger charge is -2.32. The quantitative estimate of drug-likeness (QED) is 0.716. The minimum absolute atomic E-state index is 0.0603. The molecule has 3 amide bonds. The summed E-state index contributed by atoms with van der Waals surface area (Å²) in [5.41, 5.74) is 5.22. The zero-order chi connectivity index (χ0) is 14.4. The molecule has 7 heteroatoms. The number of esters is 1. The number of ether oxygens (including phenoxy) is 1. The molecular formula is C12H21N3O4. The molecule has 19 heavy (non-hydrogen) atoms. The zero-order valence-corrected chi connectivity index (χ0v) is 11.4. The Bertz CT molecular complexity index is 359. The maximum absolute atomic E-state index is 12.2. The SMILES string of the molecule is COC(=O)CCN(C)C(=O)C1CCCN(C(N)=O)C1. The van der Waals surface area contributed by atoms with Gasteiger partial charge in [-0.15, -0.1) is 0 Å². The fourth-order valence-corrected chi connectivity index (χ4v) is 2.16. The first-order chi connectivity index (χ1) is 8.95. The number of carbonyl (C=O) groups excluding carboxylic acids is 3. The lowest BCUT2D eigenvalue weighted by atomic mass is 9.97. The molecule has 0 aromatic carbocycles. The molecule has 0 saturated carbocycles. The molecule has 0 aromatic rings. The standard InChI is InChI=1S/C12H21N3O4/c1-14(7-5-10(16)19-2)11(17)9-4-3-6-15(8-9)12(13)18/h9H,3-8H2,1-2H3,(H2,13,18). The molecule has 1 aliphatic heterocycles. The van der Waals surface area contributed by atoms with Crippen molar-refractivity contribution in [3.63, 3.8) is 0 Å². The number of piperidine rings is 1. The van der Waals surface area contributed by atoms with E-state index in [4.69, 9.17) is 5.73 Å². The number of nitrogens with zero attached hydrogens (tertiary/aromatic N) is 2. The second kappa shape index (κ2) is 6.96. The fraction of sp³-hybridized carbons (Fsp3) is 0.750. The van der Waals surface area contributed by atoms with Crippen LogP contribution in [0.1, 0.15) is 19.3 Å². The summed E-state index contributed by atoms with van der Waals surface area (Å²) in [5.74, 6) is -0.638. The highest BCUT2D eigenvalue weighted by atomic mass is 16.5. The summed E-state index contributed by atoms with van der Waals surface area (Å²) in [5, 5.41) is 0. The second-order valence-electron chi connectivity index (χ2n) is 4.71. The first-order valence-electron chi connectivity index (χ1n) is 6.32. The van der Waals surface area contributed by atoms with E-state index in [0.29, 0.717) is 19.6 Å². The van der Waals surface area contributed by atoms with Crippen molar-refractivity contribution in [3.8, 4) is 0 Å². The molecule has 1 heterocycles. The Morgan fingerprint density at radius 1 is 1.42 bits per heavy atom. The predicted octanol–water partition coefficient (Wildman–Crippen LogP) is -0.201. The van der Waals surface area contributed by atoms with E-state index in [1.165, 1.54) is 16.9 Å². The number of likely N-dealkylation sites (tertiary alicyclic amines) is 1. The molecular weight excluding hydrogens is 250 g/mol. The van der Waals surface area contributed by atoms with Crippen molar-refractivity contribution in [1.82, 2.24) is 9.80 Å². The minimum Gasteiger partial charge on any atom is -0.469 e. The molecule has 1 unspecified atom stereocenters. The summed E-state index contributed by atoms with van der Waals surface area (Å²) in [6.45, 7) is 1.28. The van der Waals surface area contributed by atoms with Gasteiger partial charge < -0.3 is 20.3 Å². The molecule has 1 saturated heterocycles. The Balaban J connectivity index is 2.47. The van der Waals surface area contributed by atoms with E-state index in [9.17, 15) is 14.4 Å². The third kappa shape index (κ3) is 4.42. The summed E-state index contributed by atoms with van der Waals surface area (Å²) in [4.78, 5) is 37.3. The van der Waals surface area contributed by atoms with Gasteiger partial charge in [-0.2, -0.15) is 0 Å². The number of methoxy groups -OCH3 is 1. The van der Waals surface area contributed by atoms with E-state index in [2.05, 4.69) is 4.74 Å². The van der Waals surface area contributed by atoms with E-state index in [0.717, 1.165) is 12.8 Å². The van der Waals surface area contributed by atoms with Gasteiger partial charge in [0.15, 0.2) is 0 Å². The van der Waals surface area contributed by atoms with Gasteiger partial charge in [0.1, 0.15) is 0 Å². The number of carbonyl (C=O) groups is 3. The van der Waals surface area contributed by atoms with Crippen molar-refractivity contribution in [2.45, 2.75) is 19.3 Å². The fourth-order valence-electron chi connectivity index (χ4n) is 2.16. The van der Waals surface area contributed by atoms with Gasteiger partial charge in [0.05, 0.1) is 19.4 Å². The van der Waals surface area contributed by atoms with Crippen LogP contribution in [0.15, 0.2) is 0 Å². The maximum Gasteiger partial charge on any atom is 0.314 e. The highest BCUT2D eigenvalue weighted by Gasteiger charge is 2.29. The average molecular weight is 271 g/mol. The number of hydrogen-bond acceptors (Lipinski definition) is 4. The van der Waals surface area contributed by atoms with Crippen LogP contribution in [-0.2, 0) is 14.3 Å². The van der Waals surface area contributed by atoms with Gasteiger partial charge in [-0.1, -0.05) is 0 Å². The lowest BCUT2D eigenvalue weighted by Crippen LogP contribution is -2.47. The van der Waals surface area contributed by atoms with Crippen molar-refractivity contribution < 1.29 is 19.1 Å². The molecule has 108 valence electrons. The number of hydrogen-bond donors (Lipinski definition) is 1. The normalized spacial score (nSPS) is 18.8. The third-order valence-corrected chi connectivity index (χ3v) is 3.34. The van der Waals surface area contributed by atoms with E-state index in [-0.39, 0.29) is 24.2 Å². The zero-order valence-electron chi connectivity index (χ0n) is 11.4. The van der Waals surface area contributed by atoms with Crippen molar-refractivity contribution in [2.75, 3.05) is 33.8 Å². The topological polar surface area (TPSA) is 92.9 Å². The summed E-state index contributed by atoms with van der Waals surface area (Å²) in [6, 6.07) is -0.491. The monoisotopic (exact) mass is 271 g/mol. The summed E-state index contributed by atoms with van der Waals surface area (Å²) in [7, 11) is 2.96. The molecule has 0 aliphatic carbocycles. The number of amides is 3. The maximum atomic E-state index is 12.2. The van der Waals surface area contributed by atoms with Crippen LogP contribution < -0.4 is 5.73 Å². The van der Waals surface area contributed by atoms with Gasteiger partial charge in [-0.3, -0.25) is 9.59 Å². The van der Waals surface area contributed by atoms with Gasteiger partial charge in [0, 0.05) is 26.7 Å². The second-order valence-corrected chi connectivity index (χ2v) is 4.71. The van der Waals surface area contributed by atoms with E-state index >= 15 is 0 Å². The van der Waals surface area contributed by atoms with Crippen LogP contribution in [0, 0.1) is 5.92 Å². The highest BCUT2D eigenvalue weighted by molar-refractivity contribution is 5.81. The minimum atomic E-state index is -0.491. The Labute approximate surface area is 112 Å². The van der Waals surface area contributed by atoms with Crippen LogP contribution in [0.4, 0.5) is 4.79 Å². The molecule has 0 aromatic heterocycles. The number of rotatable bonds is 4. The van der Waals surface area contributed by atoms with Crippen molar-refractivity contribution >= 4 is 17.9 Å². The van der Waals surface area contributed by atoms with Crippen LogP contribution >= 0.6 is 0 Å². The molecule has 1 rings (SSSR count). The number of primary amides is 1. The van der Waals surface area contributed by atoms with E-state index in [1.807, 2.05) is 0 Å². The molecule has 0 radical (unpaired) electrons. The Morgan fingerprint density at radius 2 is 2.11 bits per heavy atom. The van der Waals surface area contributed by atoms with Crippen LogP contribution in [0.2, 0.25) is 0 Å². The van der Waals surface area contributed by atoms with Crippen LogP contribution in [0.5, 0.6) is 0 Å². The molecule has 1 atom stereocenters. The first kappa shape index (κ1) is 15.3. The van der Waals surface area contributed by atoms with Crippen LogP contribution in [0.25, 0.3) is 0 Å². The molecule has 0 bridgehead atoms. The van der Waals surface area contributed by atoms with Crippen LogP contribution in [0.3, 0.4) is 0 Å². The van der Waals surface area contributed by atoms with E-state index in [1.54, 1.807) is 7.05 Å². The van der Waals surface area contributed by atoms with E-state index < -0.39 is 6.03 Å². The van der Waals surface area contributed by atoms with Gasteiger partial charge in [-0.25, -0.2) is 4.79 Å². The van der Waals surface area contributed by atoms with Gasteiger partial charge in [0.25, 0.3) is 0 Å². The Kier molecular flexibility index (Phi) is 5.59. The van der Waals surface area contributed by atoms with Gasteiger partial charge in [-0.05, 0) is 12.8 Å². The molecule has 1 aliphatic rings. The van der Waals surface area contributed by atoms with Crippen molar-refractivity contribution in [3.05, 3.63) is 0 Å². The van der Waals surface area contributed by atoms with Crippen molar-refractivity contribution in [2.24, 2.45) is 11.7 Å². The smallest absolute Gasteiger partial charge is 0.314 e. The predicted molar refractivity (Wildman–Crippen MR) is 68.2 cm³/mol. The first-order valence-corrected chi connectivity index (χ1v) is 6.32.